The molecule has 2 aliphatic heterocycles. The van der Waals surface area contributed by atoms with Crippen LogP contribution in [0.1, 0.15) is 65.4 Å². The maximum Gasteiger partial charge on any atom is 0.158 e. The number of aryl methyl sites for hydroxylation is 2. The molecule has 1 aliphatic carbocycles. The van der Waals surface area contributed by atoms with Gasteiger partial charge in [-0.05, 0) is 33.1 Å². The molecule has 5 heterocycles. The molecule has 0 unspecified atom stereocenters. The van der Waals surface area contributed by atoms with Crippen LogP contribution in [0.15, 0.2) is 6.33 Å². The zero-order valence-corrected chi connectivity index (χ0v) is 16.9. The lowest BCUT2D eigenvalue weighted by Crippen LogP contribution is -2.33. The van der Waals surface area contributed by atoms with Crippen molar-refractivity contribution in [3.63, 3.8) is 0 Å². The summed E-state index contributed by atoms with van der Waals surface area (Å²) in [6, 6.07) is 0. The summed E-state index contributed by atoms with van der Waals surface area (Å²) >= 11 is 0. The van der Waals surface area contributed by atoms with E-state index in [1.807, 2.05) is 11.4 Å². The Hall–Kier alpha value is -2.61. The number of fused-ring (bicyclic) bond motifs is 2. The number of hydrogen-bond acceptors (Lipinski definition) is 7. The van der Waals surface area contributed by atoms with Gasteiger partial charge >= 0.3 is 0 Å². The Morgan fingerprint density at radius 3 is 2.76 bits per heavy atom. The molecule has 1 atom stereocenters. The summed E-state index contributed by atoms with van der Waals surface area (Å²) < 4.78 is 7.57. The molecule has 8 heteroatoms. The van der Waals surface area contributed by atoms with Crippen molar-refractivity contribution < 1.29 is 4.74 Å². The molecule has 150 valence electrons. The van der Waals surface area contributed by atoms with E-state index in [1.165, 1.54) is 24.1 Å². The van der Waals surface area contributed by atoms with Crippen molar-refractivity contribution in [2.24, 2.45) is 0 Å². The molecule has 0 amide bonds. The maximum absolute atomic E-state index is 5.63. The van der Waals surface area contributed by atoms with E-state index < -0.39 is 0 Å². The van der Waals surface area contributed by atoms with Crippen LogP contribution in [0.5, 0.6) is 0 Å². The number of hydrogen-bond donors (Lipinski definition) is 0. The third kappa shape index (κ3) is 2.80. The molecule has 6 rings (SSSR count). The first-order valence-electron chi connectivity index (χ1n) is 10.6. The molecule has 8 nitrogen and oxygen atoms in total. The van der Waals surface area contributed by atoms with Crippen LogP contribution < -0.4 is 4.90 Å². The van der Waals surface area contributed by atoms with Gasteiger partial charge < -0.3 is 9.64 Å². The molecule has 1 saturated heterocycles. The van der Waals surface area contributed by atoms with Gasteiger partial charge in [-0.15, -0.1) is 0 Å². The van der Waals surface area contributed by atoms with Crippen LogP contribution >= 0.6 is 0 Å². The fourth-order valence-electron chi connectivity index (χ4n) is 4.66. The first kappa shape index (κ1) is 17.3. The van der Waals surface area contributed by atoms with Crippen molar-refractivity contribution in [2.45, 2.75) is 57.9 Å². The van der Waals surface area contributed by atoms with Crippen LogP contribution in [-0.4, -0.2) is 49.3 Å². The van der Waals surface area contributed by atoms with Crippen LogP contribution in [0, 0.1) is 13.8 Å². The summed E-state index contributed by atoms with van der Waals surface area (Å²) in [6.45, 7) is 7.32. The molecule has 3 aromatic rings. The molecule has 3 aromatic heterocycles. The minimum absolute atomic E-state index is 0.312. The summed E-state index contributed by atoms with van der Waals surface area (Å²) in [5.41, 5.74) is 5.67. The third-order valence-electron chi connectivity index (χ3n) is 6.44. The maximum atomic E-state index is 5.63. The van der Waals surface area contributed by atoms with E-state index in [9.17, 15) is 0 Å². The van der Waals surface area contributed by atoms with Crippen molar-refractivity contribution in [1.29, 1.82) is 0 Å². The first-order chi connectivity index (χ1) is 14.2. The second-order valence-electron chi connectivity index (χ2n) is 8.49. The number of imidazole rings is 1. The van der Waals surface area contributed by atoms with Crippen molar-refractivity contribution in [3.8, 4) is 0 Å². The van der Waals surface area contributed by atoms with Gasteiger partial charge in [0, 0.05) is 49.2 Å². The van der Waals surface area contributed by atoms with E-state index in [4.69, 9.17) is 24.7 Å². The molecule has 3 aliphatic rings. The van der Waals surface area contributed by atoms with Crippen LogP contribution in [-0.2, 0) is 17.7 Å². The SMILES string of the molecule is Cc1nc(C2CC2)nc2c1CN(c1ncnn3c(C)nc([C@@H]4CCOC4)c13)CC2. The van der Waals surface area contributed by atoms with Gasteiger partial charge in [0.25, 0.3) is 0 Å². The highest BCUT2D eigenvalue weighted by molar-refractivity contribution is 5.73. The molecule has 0 aromatic carbocycles. The average Bonchev–Trinajstić information content (AvgIpc) is 3.34. The van der Waals surface area contributed by atoms with Crippen LogP contribution in [0.3, 0.4) is 0 Å². The lowest BCUT2D eigenvalue weighted by Gasteiger charge is -2.30. The van der Waals surface area contributed by atoms with Gasteiger partial charge in [0.2, 0.25) is 0 Å². The average molecular weight is 391 g/mol. The van der Waals surface area contributed by atoms with E-state index >= 15 is 0 Å². The normalized spacial score (nSPS) is 21.7. The number of aromatic nitrogens is 6. The molecule has 0 N–H and O–H groups in total. The first-order valence-corrected chi connectivity index (χ1v) is 10.6. The lowest BCUT2D eigenvalue weighted by molar-refractivity contribution is 0.193. The molecule has 2 fully saturated rings. The second kappa shape index (κ2) is 6.45. The predicted octanol–water partition coefficient (Wildman–Crippen LogP) is 2.48. The van der Waals surface area contributed by atoms with E-state index in [1.54, 1.807) is 6.33 Å². The Labute approximate surface area is 169 Å². The summed E-state index contributed by atoms with van der Waals surface area (Å²) in [4.78, 5) is 21.6. The van der Waals surface area contributed by atoms with E-state index in [2.05, 4.69) is 16.9 Å². The molecule has 0 bridgehead atoms. The largest absolute Gasteiger partial charge is 0.381 e. The van der Waals surface area contributed by atoms with Crippen molar-refractivity contribution >= 4 is 11.3 Å². The van der Waals surface area contributed by atoms with Gasteiger partial charge in [0.1, 0.15) is 23.5 Å². The monoisotopic (exact) mass is 391 g/mol. The quantitative estimate of drug-likeness (QED) is 0.678. The van der Waals surface area contributed by atoms with E-state index in [0.717, 1.165) is 73.5 Å². The topological polar surface area (TPSA) is 81.3 Å². The highest BCUT2D eigenvalue weighted by Gasteiger charge is 2.31. The molecule has 1 saturated carbocycles. The van der Waals surface area contributed by atoms with Gasteiger partial charge in [-0.25, -0.2) is 24.5 Å². The zero-order valence-electron chi connectivity index (χ0n) is 16.9. The molecular weight excluding hydrogens is 366 g/mol. The van der Waals surface area contributed by atoms with Crippen LogP contribution in [0.25, 0.3) is 5.52 Å². The Kier molecular flexibility index (Phi) is 3.84. The van der Waals surface area contributed by atoms with Crippen molar-refractivity contribution in [3.05, 3.63) is 40.6 Å². The Balaban J connectivity index is 1.41. The zero-order chi connectivity index (χ0) is 19.5. The third-order valence-corrected chi connectivity index (χ3v) is 6.44. The molecule has 0 spiro atoms. The number of ether oxygens (including phenoxy) is 1. The van der Waals surface area contributed by atoms with Crippen LogP contribution in [0.4, 0.5) is 5.82 Å². The fourth-order valence-corrected chi connectivity index (χ4v) is 4.66. The van der Waals surface area contributed by atoms with Gasteiger partial charge in [-0.2, -0.15) is 5.10 Å². The standard InChI is InChI=1S/C21H25N7O/c1-12-16-9-27(7-5-17(16)26-20(24-12)14-3-4-14)21-19-18(15-6-8-29-10-15)25-13(2)28(19)23-11-22-21/h11,14-15H,3-10H2,1-2H3/t15-/m1/s1. The molecule has 29 heavy (non-hydrogen) atoms. The number of rotatable bonds is 3. The summed E-state index contributed by atoms with van der Waals surface area (Å²) in [5, 5.41) is 4.48. The summed E-state index contributed by atoms with van der Waals surface area (Å²) in [6.07, 6.45) is 6.03. The molecule has 0 radical (unpaired) electrons. The molecular formula is C21H25N7O. The Bertz CT molecular complexity index is 1100. The van der Waals surface area contributed by atoms with Crippen molar-refractivity contribution in [1.82, 2.24) is 29.5 Å². The Morgan fingerprint density at radius 1 is 1.07 bits per heavy atom. The van der Waals surface area contributed by atoms with E-state index in [0.29, 0.717) is 11.8 Å². The van der Waals surface area contributed by atoms with Gasteiger partial charge in [-0.3, -0.25) is 0 Å². The van der Waals surface area contributed by atoms with Crippen molar-refractivity contribution in [2.75, 3.05) is 24.7 Å². The Morgan fingerprint density at radius 2 is 1.97 bits per heavy atom. The minimum Gasteiger partial charge on any atom is -0.381 e. The van der Waals surface area contributed by atoms with Gasteiger partial charge in [0.05, 0.1) is 18.0 Å². The fraction of sp³-hybridized carbons (Fsp3) is 0.571. The lowest BCUT2D eigenvalue weighted by atomic mass is 10.0. The van der Waals surface area contributed by atoms with E-state index in [-0.39, 0.29) is 0 Å². The van der Waals surface area contributed by atoms with Crippen LogP contribution in [0.2, 0.25) is 0 Å². The summed E-state index contributed by atoms with van der Waals surface area (Å²) in [5.74, 6) is 3.81. The van der Waals surface area contributed by atoms with Gasteiger partial charge in [-0.1, -0.05) is 0 Å². The second-order valence-corrected chi connectivity index (χ2v) is 8.49. The smallest absolute Gasteiger partial charge is 0.158 e. The summed E-state index contributed by atoms with van der Waals surface area (Å²) in [7, 11) is 0. The number of anilines is 1. The number of nitrogens with zero attached hydrogens (tertiary/aromatic N) is 7. The highest BCUT2D eigenvalue weighted by atomic mass is 16.5. The highest BCUT2D eigenvalue weighted by Crippen LogP contribution is 2.39. The minimum atomic E-state index is 0.312. The van der Waals surface area contributed by atoms with Gasteiger partial charge in [0.15, 0.2) is 5.82 Å². The predicted molar refractivity (Wildman–Crippen MR) is 107 cm³/mol.